The van der Waals surface area contributed by atoms with Crippen molar-refractivity contribution in [1.29, 1.82) is 0 Å². The van der Waals surface area contributed by atoms with Gasteiger partial charge in [0.2, 0.25) is 11.8 Å². The van der Waals surface area contributed by atoms with E-state index in [2.05, 4.69) is 26.6 Å². The van der Waals surface area contributed by atoms with Crippen LogP contribution in [0.15, 0.2) is 15.9 Å². The summed E-state index contributed by atoms with van der Waals surface area (Å²) in [6.07, 6.45) is 5.38. The molecule has 1 fully saturated rings. The van der Waals surface area contributed by atoms with E-state index in [9.17, 15) is 14.4 Å². The van der Waals surface area contributed by atoms with Crippen LogP contribution in [0.5, 0.6) is 0 Å². The molecule has 138 valence electrons. The van der Waals surface area contributed by atoms with Crippen LogP contribution in [0.3, 0.4) is 0 Å². The molecule has 0 atom stereocenters. The van der Waals surface area contributed by atoms with Crippen LogP contribution in [0.1, 0.15) is 41.8 Å². The molecule has 0 bridgehead atoms. The van der Waals surface area contributed by atoms with Crippen LogP contribution in [0.25, 0.3) is 0 Å². The summed E-state index contributed by atoms with van der Waals surface area (Å²) in [6.45, 7) is 0.769. The number of rotatable bonds is 7. The van der Waals surface area contributed by atoms with E-state index in [4.69, 9.17) is 0 Å². The largest absolute Gasteiger partial charge is 0.354 e. The number of carbonyl (C=O) groups excluding carboxylic acids is 3. The van der Waals surface area contributed by atoms with Crippen LogP contribution in [0.2, 0.25) is 0 Å². The summed E-state index contributed by atoms with van der Waals surface area (Å²) in [5.74, 6) is -0.210. The van der Waals surface area contributed by atoms with Gasteiger partial charge in [0.1, 0.15) is 0 Å². The molecule has 1 aliphatic rings. The summed E-state index contributed by atoms with van der Waals surface area (Å²) >= 11 is 4.65. The molecular weight excluding hydrogens is 406 g/mol. The van der Waals surface area contributed by atoms with Gasteiger partial charge in [-0.2, -0.15) is 0 Å². The van der Waals surface area contributed by atoms with Crippen molar-refractivity contribution in [2.45, 2.75) is 32.1 Å². The highest BCUT2D eigenvalue weighted by Crippen LogP contribution is 2.24. The summed E-state index contributed by atoms with van der Waals surface area (Å²) in [4.78, 5) is 38.0. The predicted molar refractivity (Wildman–Crippen MR) is 102 cm³/mol. The van der Waals surface area contributed by atoms with Gasteiger partial charge in [-0.1, -0.05) is 19.3 Å². The average Bonchev–Trinajstić information content (AvgIpc) is 3.05. The number of hydrogen-bond acceptors (Lipinski definition) is 4. The molecule has 0 unspecified atom stereocenters. The van der Waals surface area contributed by atoms with Crippen molar-refractivity contribution >= 4 is 45.0 Å². The molecule has 1 saturated carbocycles. The molecule has 1 heterocycles. The number of thiophene rings is 1. The van der Waals surface area contributed by atoms with Crippen molar-refractivity contribution in [3.8, 4) is 0 Å². The number of likely N-dealkylation sites (N-methyl/N-ethyl adjacent to an activating group) is 1. The van der Waals surface area contributed by atoms with E-state index in [0.29, 0.717) is 18.0 Å². The van der Waals surface area contributed by atoms with E-state index < -0.39 is 0 Å². The number of halogens is 1. The van der Waals surface area contributed by atoms with Crippen molar-refractivity contribution in [2.24, 2.45) is 5.92 Å². The summed E-state index contributed by atoms with van der Waals surface area (Å²) < 4.78 is 0.877. The number of amides is 3. The molecule has 1 aromatic heterocycles. The van der Waals surface area contributed by atoms with Gasteiger partial charge < -0.3 is 15.5 Å². The zero-order valence-corrected chi connectivity index (χ0v) is 16.7. The molecule has 1 aliphatic carbocycles. The second-order valence-corrected chi connectivity index (χ2v) is 8.70. The smallest absolute Gasteiger partial charge is 0.264 e. The number of hydrogen-bond donors (Lipinski definition) is 2. The third-order valence-corrected chi connectivity index (χ3v) is 5.85. The average molecular weight is 430 g/mol. The normalized spacial score (nSPS) is 14.8. The third-order valence-electron chi connectivity index (χ3n) is 4.23. The standard InChI is InChI=1S/C17H24BrN3O3S/c1-21(17(24)13-7-8-14(18)25-13)11-15(22)19-9-10-20-16(23)12-5-3-2-4-6-12/h7-8,12H,2-6,9-11H2,1H3,(H,19,22)(H,20,23). The van der Waals surface area contributed by atoms with Crippen molar-refractivity contribution < 1.29 is 14.4 Å². The first-order chi connectivity index (χ1) is 12.0. The van der Waals surface area contributed by atoms with E-state index in [-0.39, 0.29) is 30.2 Å². The molecule has 0 saturated heterocycles. The van der Waals surface area contributed by atoms with Gasteiger partial charge in [0, 0.05) is 26.1 Å². The lowest BCUT2D eigenvalue weighted by Crippen LogP contribution is -2.42. The van der Waals surface area contributed by atoms with Gasteiger partial charge in [0.05, 0.1) is 15.2 Å². The fraction of sp³-hybridized carbons (Fsp3) is 0.588. The summed E-state index contributed by atoms with van der Waals surface area (Å²) in [5.41, 5.74) is 0. The molecule has 0 spiro atoms. The van der Waals surface area contributed by atoms with Crippen LogP contribution < -0.4 is 10.6 Å². The number of carbonyl (C=O) groups is 3. The first-order valence-corrected chi connectivity index (χ1v) is 10.1. The van der Waals surface area contributed by atoms with E-state index in [0.717, 1.165) is 29.5 Å². The van der Waals surface area contributed by atoms with Gasteiger partial charge in [-0.15, -0.1) is 11.3 Å². The zero-order chi connectivity index (χ0) is 18.2. The Morgan fingerprint density at radius 2 is 1.84 bits per heavy atom. The van der Waals surface area contributed by atoms with Gasteiger partial charge >= 0.3 is 0 Å². The van der Waals surface area contributed by atoms with Gasteiger partial charge in [0.25, 0.3) is 5.91 Å². The second-order valence-electron chi connectivity index (χ2n) is 6.24. The zero-order valence-electron chi connectivity index (χ0n) is 14.3. The molecule has 8 heteroatoms. The number of nitrogens with one attached hydrogen (secondary N) is 2. The van der Waals surface area contributed by atoms with E-state index >= 15 is 0 Å². The van der Waals surface area contributed by atoms with Crippen LogP contribution in [0.4, 0.5) is 0 Å². The minimum absolute atomic E-state index is 0.00900. The summed E-state index contributed by atoms with van der Waals surface area (Å²) in [6, 6.07) is 3.53. The minimum atomic E-state index is -0.238. The Kier molecular flexibility index (Phi) is 7.90. The molecular formula is C17H24BrN3O3S. The fourth-order valence-corrected chi connectivity index (χ4v) is 4.24. The SMILES string of the molecule is CN(CC(=O)NCCNC(=O)C1CCCCC1)C(=O)c1ccc(Br)s1. The Bertz CT molecular complexity index is 614. The van der Waals surface area contributed by atoms with Crippen LogP contribution in [0, 0.1) is 5.92 Å². The molecule has 3 amide bonds. The Labute approximate surface area is 160 Å². The maximum absolute atomic E-state index is 12.2. The van der Waals surface area contributed by atoms with Crippen molar-refractivity contribution in [3.63, 3.8) is 0 Å². The Hall–Kier alpha value is -1.41. The maximum atomic E-state index is 12.2. The van der Waals surface area contributed by atoms with Gasteiger partial charge in [-0.3, -0.25) is 14.4 Å². The summed E-state index contributed by atoms with van der Waals surface area (Å²) in [7, 11) is 1.60. The van der Waals surface area contributed by atoms with Crippen molar-refractivity contribution in [1.82, 2.24) is 15.5 Å². The molecule has 0 aromatic carbocycles. The van der Waals surface area contributed by atoms with Gasteiger partial charge in [-0.05, 0) is 40.9 Å². The van der Waals surface area contributed by atoms with E-state index in [1.807, 2.05) is 0 Å². The lowest BCUT2D eigenvalue weighted by atomic mass is 9.89. The second kappa shape index (κ2) is 9.91. The highest BCUT2D eigenvalue weighted by Gasteiger charge is 2.20. The molecule has 1 aromatic rings. The van der Waals surface area contributed by atoms with Crippen LogP contribution >= 0.6 is 27.3 Å². The Morgan fingerprint density at radius 1 is 1.16 bits per heavy atom. The predicted octanol–water partition coefficient (Wildman–Crippen LogP) is 2.40. The first-order valence-electron chi connectivity index (χ1n) is 8.52. The molecule has 6 nitrogen and oxygen atoms in total. The Balaban J connectivity index is 1.63. The highest BCUT2D eigenvalue weighted by molar-refractivity contribution is 9.11. The monoisotopic (exact) mass is 429 g/mol. The maximum Gasteiger partial charge on any atom is 0.264 e. The highest BCUT2D eigenvalue weighted by atomic mass is 79.9. The van der Waals surface area contributed by atoms with Gasteiger partial charge in [0.15, 0.2) is 0 Å². The number of nitrogens with zero attached hydrogens (tertiary/aromatic N) is 1. The van der Waals surface area contributed by atoms with Crippen molar-refractivity contribution in [3.05, 3.63) is 20.8 Å². The molecule has 25 heavy (non-hydrogen) atoms. The lowest BCUT2D eigenvalue weighted by molar-refractivity contribution is -0.126. The molecule has 0 radical (unpaired) electrons. The topological polar surface area (TPSA) is 78.5 Å². The third kappa shape index (κ3) is 6.43. The van der Waals surface area contributed by atoms with E-state index in [1.54, 1.807) is 19.2 Å². The minimum Gasteiger partial charge on any atom is -0.354 e. The quantitative estimate of drug-likeness (QED) is 0.653. The lowest BCUT2D eigenvalue weighted by Gasteiger charge is -2.21. The fourth-order valence-electron chi connectivity index (χ4n) is 2.86. The van der Waals surface area contributed by atoms with Crippen LogP contribution in [-0.4, -0.2) is 49.3 Å². The summed E-state index contributed by atoms with van der Waals surface area (Å²) in [5, 5.41) is 5.60. The van der Waals surface area contributed by atoms with Gasteiger partial charge in [-0.25, -0.2) is 0 Å². The molecule has 0 aliphatic heterocycles. The Morgan fingerprint density at radius 3 is 2.48 bits per heavy atom. The van der Waals surface area contributed by atoms with Crippen molar-refractivity contribution in [2.75, 3.05) is 26.7 Å². The van der Waals surface area contributed by atoms with E-state index in [1.165, 1.54) is 22.7 Å². The van der Waals surface area contributed by atoms with Crippen LogP contribution in [-0.2, 0) is 9.59 Å². The first kappa shape index (κ1) is 19.9. The molecule has 2 N–H and O–H groups in total. The molecule has 2 rings (SSSR count).